The highest BCUT2D eigenvalue weighted by molar-refractivity contribution is 6.31. The molecule has 0 unspecified atom stereocenters. The van der Waals surface area contributed by atoms with E-state index in [4.69, 9.17) is 21.3 Å². The minimum absolute atomic E-state index is 0.0596. The van der Waals surface area contributed by atoms with E-state index in [-0.39, 0.29) is 11.9 Å². The summed E-state index contributed by atoms with van der Waals surface area (Å²) in [6.07, 6.45) is 0. The quantitative estimate of drug-likeness (QED) is 0.631. The van der Waals surface area contributed by atoms with Gasteiger partial charge in [0.05, 0.1) is 25.4 Å². The third kappa shape index (κ3) is 3.55. The SMILES string of the molecule is COc1ccc([C@H]2C3=C(NCCN=C3c3ccc(Cl)cc3)C(=O)N2c2ccccc2)cc1. The first-order chi connectivity index (χ1) is 15.7. The van der Waals surface area contributed by atoms with Gasteiger partial charge in [0.25, 0.3) is 5.91 Å². The zero-order chi connectivity index (χ0) is 22.1. The van der Waals surface area contributed by atoms with E-state index < -0.39 is 0 Å². The fraction of sp³-hybridized carbons (Fsp3) is 0.154. The van der Waals surface area contributed by atoms with Gasteiger partial charge in [0.15, 0.2) is 0 Å². The summed E-state index contributed by atoms with van der Waals surface area (Å²) in [7, 11) is 1.64. The van der Waals surface area contributed by atoms with E-state index in [0.29, 0.717) is 23.8 Å². The second-order valence-corrected chi connectivity index (χ2v) is 8.08. The first-order valence-corrected chi connectivity index (χ1v) is 10.9. The van der Waals surface area contributed by atoms with Crippen LogP contribution < -0.4 is 15.0 Å². The third-order valence-electron chi connectivity index (χ3n) is 5.76. The molecular formula is C26H22ClN3O2. The van der Waals surface area contributed by atoms with Gasteiger partial charge in [0, 0.05) is 28.4 Å². The largest absolute Gasteiger partial charge is 0.497 e. The summed E-state index contributed by atoms with van der Waals surface area (Å²) in [5.74, 6) is 0.708. The van der Waals surface area contributed by atoms with Gasteiger partial charge in [0.2, 0.25) is 0 Å². The molecule has 32 heavy (non-hydrogen) atoms. The van der Waals surface area contributed by atoms with E-state index in [1.165, 1.54) is 0 Å². The molecule has 2 aliphatic heterocycles. The number of hydrogen-bond donors (Lipinski definition) is 1. The van der Waals surface area contributed by atoms with Crippen molar-refractivity contribution in [2.45, 2.75) is 6.04 Å². The molecule has 0 bridgehead atoms. The summed E-state index contributed by atoms with van der Waals surface area (Å²) in [5.41, 5.74) is 5.05. The standard InChI is InChI=1S/C26H22ClN3O2/c1-32-21-13-9-18(10-14-21)25-22-23(17-7-11-19(27)12-8-17)28-15-16-29-24(22)26(31)30(25)20-5-3-2-4-6-20/h2-14,25,29H,15-16H2,1H3/t25-/m0/s1. The van der Waals surface area contributed by atoms with Crippen LogP contribution in [0.5, 0.6) is 5.75 Å². The Balaban J connectivity index is 1.70. The molecule has 0 saturated heterocycles. The summed E-state index contributed by atoms with van der Waals surface area (Å²) in [6, 6.07) is 24.9. The van der Waals surface area contributed by atoms with Crippen LogP contribution in [0.2, 0.25) is 5.02 Å². The van der Waals surface area contributed by atoms with Crippen molar-refractivity contribution >= 4 is 28.9 Å². The molecule has 1 atom stereocenters. The van der Waals surface area contributed by atoms with Crippen LogP contribution in [0.15, 0.2) is 95.1 Å². The van der Waals surface area contributed by atoms with Crippen molar-refractivity contribution in [3.63, 3.8) is 0 Å². The van der Waals surface area contributed by atoms with Gasteiger partial charge >= 0.3 is 0 Å². The molecule has 3 aromatic rings. The van der Waals surface area contributed by atoms with Gasteiger partial charge in [-0.05, 0) is 42.0 Å². The number of rotatable bonds is 4. The summed E-state index contributed by atoms with van der Waals surface area (Å²) in [4.78, 5) is 20.5. The van der Waals surface area contributed by atoms with Gasteiger partial charge in [-0.2, -0.15) is 0 Å². The van der Waals surface area contributed by atoms with E-state index >= 15 is 0 Å². The van der Waals surface area contributed by atoms with Gasteiger partial charge in [-0.15, -0.1) is 0 Å². The molecule has 2 heterocycles. The van der Waals surface area contributed by atoms with Crippen LogP contribution in [-0.4, -0.2) is 31.8 Å². The molecule has 0 fully saturated rings. The van der Waals surface area contributed by atoms with Crippen molar-refractivity contribution in [2.24, 2.45) is 4.99 Å². The maximum Gasteiger partial charge on any atom is 0.275 e. The Kier molecular flexibility index (Phi) is 5.41. The van der Waals surface area contributed by atoms with Gasteiger partial charge in [-0.1, -0.05) is 54.1 Å². The first-order valence-electron chi connectivity index (χ1n) is 10.5. The normalized spacial score (nSPS) is 18.1. The highest BCUT2D eigenvalue weighted by Gasteiger charge is 2.43. The van der Waals surface area contributed by atoms with Crippen molar-refractivity contribution in [3.8, 4) is 5.75 Å². The second-order valence-electron chi connectivity index (χ2n) is 7.64. The lowest BCUT2D eigenvalue weighted by atomic mass is 9.91. The predicted molar refractivity (Wildman–Crippen MR) is 128 cm³/mol. The number of carbonyl (C=O) groups excluding carboxylic acids is 1. The Hall–Kier alpha value is -3.57. The number of methoxy groups -OCH3 is 1. The van der Waals surface area contributed by atoms with Crippen molar-refractivity contribution in [1.29, 1.82) is 0 Å². The number of aliphatic imine (C=N–C) groups is 1. The minimum Gasteiger partial charge on any atom is -0.497 e. The Bertz CT molecular complexity index is 1200. The fourth-order valence-electron chi connectivity index (χ4n) is 4.28. The van der Waals surface area contributed by atoms with Crippen molar-refractivity contribution in [1.82, 2.24) is 5.32 Å². The van der Waals surface area contributed by atoms with Crippen LogP contribution in [0.3, 0.4) is 0 Å². The number of amides is 1. The predicted octanol–water partition coefficient (Wildman–Crippen LogP) is 4.78. The third-order valence-corrected chi connectivity index (χ3v) is 6.01. The monoisotopic (exact) mass is 443 g/mol. The summed E-state index contributed by atoms with van der Waals surface area (Å²) in [6.45, 7) is 1.18. The molecule has 1 N–H and O–H groups in total. The zero-order valence-corrected chi connectivity index (χ0v) is 18.3. The lowest BCUT2D eigenvalue weighted by Crippen LogP contribution is -2.33. The van der Waals surface area contributed by atoms with E-state index in [9.17, 15) is 4.79 Å². The number of nitrogens with zero attached hydrogens (tertiary/aromatic N) is 2. The topological polar surface area (TPSA) is 53.9 Å². The Morgan fingerprint density at radius 3 is 2.41 bits per heavy atom. The maximum absolute atomic E-state index is 13.7. The molecule has 160 valence electrons. The van der Waals surface area contributed by atoms with Crippen LogP contribution in [0.25, 0.3) is 0 Å². The second kappa shape index (κ2) is 8.52. The van der Waals surface area contributed by atoms with Crippen LogP contribution in [-0.2, 0) is 4.79 Å². The highest BCUT2D eigenvalue weighted by atomic mass is 35.5. The molecule has 6 heteroatoms. The molecule has 3 aromatic carbocycles. The van der Waals surface area contributed by atoms with Crippen LogP contribution in [0.1, 0.15) is 17.2 Å². The van der Waals surface area contributed by atoms with Gasteiger partial charge in [0.1, 0.15) is 11.4 Å². The average Bonchev–Trinajstić information content (AvgIpc) is 2.97. The summed E-state index contributed by atoms with van der Waals surface area (Å²) in [5, 5.41) is 4.01. The fourth-order valence-corrected chi connectivity index (χ4v) is 4.41. The maximum atomic E-state index is 13.7. The van der Waals surface area contributed by atoms with Crippen molar-refractivity contribution in [2.75, 3.05) is 25.1 Å². The van der Waals surface area contributed by atoms with Crippen LogP contribution in [0, 0.1) is 0 Å². The van der Waals surface area contributed by atoms with Gasteiger partial charge < -0.3 is 10.1 Å². The number of carbonyl (C=O) groups is 1. The van der Waals surface area contributed by atoms with Crippen molar-refractivity contribution in [3.05, 3.63) is 106 Å². The molecule has 1 amide bonds. The minimum atomic E-state index is -0.328. The lowest BCUT2D eigenvalue weighted by molar-refractivity contribution is -0.115. The molecular weight excluding hydrogens is 422 g/mol. The van der Waals surface area contributed by atoms with E-state index in [2.05, 4.69) is 5.32 Å². The molecule has 2 aliphatic rings. The number of para-hydroxylation sites is 1. The molecule has 0 aliphatic carbocycles. The average molecular weight is 444 g/mol. The summed E-state index contributed by atoms with van der Waals surface area (Å²) < 4.78 is 5.35. The molecule has 0 aromatic heterocycles. The number of halogens is 1. The highest BCUT2D eigenvalue weighted by Crippen LogP contribution is 2.43. The van der Waals surface area contributed by atoms with Gasteiger partial charge in [-0.3, -0.25) is 14.7 Å². The van der Waals surface area contributed by atoms with Crippen LogP contribution >= 0.6 is 11.6 Å². The number of hydrogen-bond acceptors (Lipinski definition) is 4. The van der Waals surface area contributed by atoms with Gasteiger partial charge in [-0.25, -0.2) is 0 Å². The first kappa shape index (κ1) is 20.3. The Morgan fingerprint density at radius 1 is 1.00 bits per heavy atom. The number of anilines is 1. The smallest absolute Gasteiger partial charge is 0.275 e. The molecule has 0 spiro atoms. The number of ether oxygens (including phenoxy) is 1. The number of benzene rings is 3. The summed E-state index contributed by atoms with van der Waals surface area (Å²) >= 11 is 6.14. The Labute approximate surface area is 192 Å². The number of nitrogens with one attached hydrogen (secondary N) is 1. The Morgan fingerprint density at radius 2 is 1.72 bits per heavy atom. The zero-order valence-electron chi connectivity index (χ0n) is 17.6. The lowest BCUT2D eigenvalue weighted by Gasteiger charge is -2.28. The van der Waals surface area contributed by atoms with Crippen LogP contribution in [0.4, 0.5) is 5.69 Å². The molecule has 0 saturated carbocycles. The van der Waals surface area contributed by atoms with E-state index in [0.717, 1.165) is 33.8 Å². The molecule has 5 rings (SSSR count). The van der Waals surface area contributed by atoms with Crippen molar-refractivity contribution < 1.29 is 9.53 Å². The van der Waals surface area contributed by atoms with E-state index in [1.54, 1.807) is 7.11 Å². The van der Waals surface area contributed by atoms with E-state index in [1.807, 2.05) is 83.8 Å². The molecule has 5 nitrogen and oxygen atoms in total. The molecule has 0 radical (unpaired) electrons.